The van der Waals surface area contributed by atoms with Gasteiger partial charge in [-0.05, 0) is 33.9 Å². The molecule has 0 atom stereocenters. The van der Waals surface area contributed by atoms with E-state index in [1.807, 2.05) is 7.05 Å². The Kier molecular flexibility index (Phi) is 6.03. The van der Waals surface area contributed by atoms with Gasteiger partial charge in [0.25, 0.3) is 0 Å². The summed E-state index contributed by atoms with van der Waals surface area (Å²) in [7, 11) is 3.56. The highest BCUT2D eigenvalue weighted by Gasteiger charge is 2.31. The smallest absolute Gasteiger partial charge is 0.309 e. The van der Waals surface area contributed by atoms with Gasteiger partial charge in [0.05, 0.1) is 5.41 Å². The molecule has 0 aromatic heterocycles. The fourth-order valence-electron chi connectivity index (χ4n) is 1.21. The maximum absolute atomic E-state index is 11.7. The van der Waals surface area contributed by atoms with Gasteiger partial charge < -0.3 is 15.3 Å². The molecule has 1 amide bonds. The molecule has 16 heavy (non-hydrogen) atoms. The van der Waals surface area contributed by atoms with Crippen LogP contribution in [0.3, 0.4) is 0 Å². The molecule has 5 heteroatoms. The van der Waals surface area contributed by atoms with Crippen molar-refractivity contribution in [2.75, 3.05) is 27.2 Å². The predicted molar refractivity (Wildman–Crippen MR) is 62.2 cm³/mol. The van der Waals surface area contributed by atoms with Crippen molar-refractivity contribution in [2.24, 2.45) is 5.41 Å². The van der Waals surface area contributed by atoms with E-state index in [-0.39, 0.29) is 12.3 Å². The third-order valence-corrected chi connectivity index (χ3v) is 2.52. The van der Waals surface area contributed by atoms with Gasteiger partial charge in [-0.25, -0.2) is 0 Å². The molecule has 0 aliphatic carbocycles. The number of nitrogens with zero attached hydrogens (tertiary/aromatic N) is 1. The minimum Gasteiger partial charge on any atom is -0.481 e. The molecule has 0 saturated heterocycles. The molecule has 2 N–H and O–H groups in total. The lowest BCUT2D eigenvalue weighted by molar-refractivity contribution is -0.151. The Balaban J connectivity index is 4.10. The molecule has 0 aliphatic rings. The summed E-state index contributed by atoms with van der Waals surface area (Å²) < 4.78 is 0. The van der Waals surface area contributed by atoms with Crippen molar-refractivity contribution in [2.45, 2.75) is 26.7 Å². The van der Waals surface area contributed by atoms with Crippen LogP contribution >= 0.6 is 0 Å². The number of aliphatic carboxylic acids is 1. The van der Waals surface area contributed by atoms with Crippen molar-refractivity contribution in [3.8, 4) is 0 Å². The van der Waals surface area contributed by atoms with Gasteiger partial charge in [0.2, 0.25) is 5.91 Å². The van der Waals surface area contributed by atoms with Gasteiger partial charge in [-0.2, -0.15) is 0 Å². The van der Waals surface area contributed by atoms with E-state index >= 15 is 0 Å². The minimum absolute atomic E-state index is 0.0401. The van der Waals surface area contributed by atoms with E-state index in [2.05, 4.69) is 5.32 Å². The Morgan fingerprint density at radius 3 is 2.38 bits per heavy atom. The molecule has 5 nitrogen and oxygen atoms in total. The zero-order chi connectivity index (χ0) is 12.8. The Morgan fingerprint density at radius 2 is 1.94 bits per heavy atom. The largest absolute Gasteiger partial charge is 0.481 e. The zero-order valence-corrected chi connectivity index (χ0v) is 10.5. The van der Waals surface area contributed by atoms with Gasteiger partial charge in [0.1, 0.15) is 0 Å². The third-order valence-electron chi connectivity index (χ3n) is 2.52. The molecule has 0 bridgehead atoms. The van der Waals surface area contributed by atoms with Gasteiger partial charge >= 0.3 is 5.97 Å². The maximum atomic E-state index is 11.7. The second kappa shape index (κ2) is 6.48. The molecule has 0 aromatic rings. The van der Waals surface area contributed by atoms with E-state index in [4.69, 9.17) is 5.11 Å². The highest BCUT2D eigenvalue weighted by Crippen LogP contribution is 2.21. The predicted octanol–water partition coefficient (Wildman–Crippen LogP) is 0.555. The highest BCUT2D eigenvalue weighted by molar-refractivity contribution is 5.84. The monoisotopic (exact) mass is 230 g/mol. The lowest BCUT2D eigenvalue weighted by Crippen LogP contribution is -2.35. The van der Waals surface area contributed by atoms with Crippen molar-refractivity contribution in [3.63, 3.8) is 0 Å². The van der Waals surface area contributed by atoms with Crippen LogP contribution in [0.5, 0.6) is 0 Å². The Labute approximate surface area is 96.8 Å². The van der Waals surface area contributed by atoms with Crippen LogP contribution in [0.25, 0.3) is 0 Å². The van der Waals surface area contributed by atoms with E-state index in [0.29, 0.717) is 6.54 Å². The molecule has 0 aliphatic heterocycles. The summed E-state index contributed by atoms with van der Waals surface area (Å²) >= 11 is 0. The maximum Gasteiger partial charge on any atom is 0.309 e. The molecule has 0 saturated carbocycles. The summed E-state index contributed by atoms with van der Waals surface area (Å²) in [6.07, 6.45) is 0.907. The van der Waals surface area contributed by atoms with Gasteiger partial charge in [0.15, 0.2) is 0 Å². The first-order chi connectivity index (χ1) is 7.31. The lowest BCUT2D eigenvalue weighted by Gasteiger charge is -2.23. The van der Waals surface area contributed by atoms with E-state index in [9.17, 15) is 9.59 Å². The van der Waals surface area contributed by atoms with Crippen LogP contribution in [0.4, 0.5) is 0 Å². The summed E-state index contributed by atoms with van der Waals surface area (Å²) in [5.41, 5.74) is -0.992. The van der Waals surface area contributed by atoms with Crippen molar-refractivity contribution in [3.05, 3.63) is 0 Å². The number of carbonyl (C=O) groups excluding carboxylic acids is 1. The molecule has 0 aromatic carbocycles. The molecule has 94 valence electrons. The van der Waals surface area contributed by atoms with Crippen LogP contribution < -0.4 is 5.32 Å². The normalized spacial score (nSPS) is 11.2. The number of carbonyl (C=O) groups is 2. The first-order valence-electron chi connectivity index (χ1n) is 5.43. The van der Waals surface area contributed by atoms with E-state index in [1.165, 1.54) is 0 Å². The Bertz CT molecular complexity index is 252. The summed E-state index contributed by atoms with van der Waals surface area (Å²) in [6, 6.07) is 0. The number of carboxylic acids is 1. The number of nitrogens with one attached hydrogen (secondary N) is 1. The zero-order valence-electron chi connectivity index (χ0n) is 10.5. The highest BCUT2D eigenvalue weighted by atomic mass is 16.4. The van der Waals surface area contributed by atoms with Crippen LogP contribution in [0.2, 0.25) is 0 Å². The Morgan fingerprint density at radius 1 is 1.38 bits per heavy atom. The average Bonchev–Trinajstić information content (AvgIpc) is 2.17. The summed E-state index contributed by atoms with van der Waals surface area (Å²) in [4.78, 5) is 24.1. The fraction of sp³-hybridized carbons (Fsp3) is 0.818. The third kappa shape index (κ3) is 5.11. The molecule has 0 spiro atoms. The minimum atomic E-state index is -0.992. The number of hydrogen-bond donors (Lipinski definition) is 2. The van der Waals surface area contributed by atoms with E-state index in [1.54, 1.807) is 25.8 Å². The fourth-order valence-corrected chi connectivity index (χ4v) is 1.21. The Hall–Kier alpha value is -1.10. The number of hydrogen-bond acceptors (Lipinski definition) is 3. The van der Waals surface area contributed by atoms with Crippen LogP contribution in [0.1, 0.15) is 26.7 Å². The average molecular weight is 230 g/mol. The molecule has 0 heterocycles. The number of rotatable bonds is 7. The SMILES string of the molecule is CNCCCN(C)C(=O)CC(C)(C)C(=O)O. The standard InChI is InChI=1S/C11H22N2O3/c1-11(2,10(15)16)8-9(14)13(4)7-5-6-12-3/h12H,5-8H2,1-4H3,(H,15,16). The van der Waals surface area contributed by atoms with Crippen LogP contribution in [0, 0.1) is 5.41 Å². The molecule has 0 fully saturated rings. The van der Waals surface area contributed by atoms with E-state index < -0.39 is 11.4 Å². The van der Waals surface area contributed by atoms with Gasteiger partial charge in [0, 0.05) is 20.0 Å². The second-order valence-corrected chi connectivity index (χ2v) is 4.64. The van der Waals surface area contributed by atoms with Crippen molar-refractivity contribution in [1.29, 1.82) is 0 Å². The van der Waals surface area contributed by atoms with Crippen LogP contribution in [-0.2, 0) is 9.59 Å². The topological polar surface area (TPSA) is 69.6 Å². The molecule has 0 unspecified atom stereocenters. The molecule has 0 radical (unpaired) electrons. The number of amides is 1. The van der Waals surface area contributed by atoms with Gasteiger partial charge in [-0.15, -0.1) is 0 Å². The summed E-state index contributed by atoms with van der Waals surface area (Å²) in [5.74, 6) is -1.06. The van der Waals surface area contributed by atoms with Crippen molar-refractivity contribution in [1.82, 2.24) is 10.2 Å². The quantitative estimate of drug-likeness (QED) is 0.627. The lowest BCUT2D eigenvalue weighted by atomic mass is 9.89. The molecular formula is C11H22N2O3. The van der Waals surface area contributed by atoms with Crippen molar-refractivity contribution >= 4 is 11.9 Å². The van der Waals surface area contributed by atoms with Crippen LogP contribution in [-0.4, -0.2) is 49.1 Å². The summed E-state index contributed by atoms with van der Waals surface area (Å²) in [6.45, 7) is 4.62. The first kappa shape index (κ1) is 14.9. The molecular weight excluding hydrogens is 208 g/mol. The molecule has 0 rings (SSSR count). The van der Waals surface area contributed by atoms with Gasteiger partial charge in [-0.3, -0.25) is 9.59 Å². The van der Waals surface area contributed by atoms with E-state index in [0.717, 1.165) is 13.0 Å². The van der Waals surface area contributed by atoms with Gasteiger partial charge in [-0.1, -0.05) is 0 Å². The van der Waals surface area contributed by atoms with Crippen molar-refractivity contribution < 1.29 is 14.7 Å². The first-order valence-corrected chi connectivity index (χ1v) is 5.43. The second-order valence-electron chi connectivity index (χ2n) is 4.64. The summed E-state index contributed by atoms with van der Waals surface area (Å²) in [5, 5.41) is 11.9. The van der Waals surface area contributed by atoms with Crippen LogP contribution in [0.15, 0.2) is 0 Å². The number of carboxylic acid groups (broad SMARTS) is 1.